The van der Waals surface area contributed by atoms with E-state index in [1.807, 2.05) is 0 Å². The van der Waals surface area contributed by atoms with Crippen LogP contribution in [0.15, 0.2) is 0 Å². The van der Waals surface area contributed by atoms with Gasteiger partial charge in [-0.05, 0) is 36.0 Å². The van der Waals surface area contributed by atoms with Crippen LogP contribution in [0.2, 0.25) is 0 Å². The van der Waals surface area contributed by atoms with Gasteiger partial charge in [0.2, 0.25) is 0 Å². The molecule has 100 valence electrons. The molecule has 2 nitrogen and oxygen atoms in total. The highest BCUT2D eigenvalue weighted by atomic mass is 35.5. The Morgan fingerprint density at radius 2 is 1.94 bits per heavy atom. The van der Waals surface area contributed by atoms with E-state index in [4.69, 9.17) is 21.1 Å². The molecule has 0 amide bonds. The fourth-order valence-electron chi connectivity index (χ4n) is 3.79. The van der Waals surface area contributed by atoms with E-state index in [2.05, 4.69) is 20.8 Å². The number of halogens is 1. The molecule has 0 heterocycles. The lowest BCUT2D eigenvalue weighted by Crippen LogP contribution is -2.37. The molecule has 17 heavy (non-hydrogen) atoms. The molecule has 0 spiro atoms. The molecule has 0 radical (unpaired) electrons. The number of alkyl halides is 1. The van der Waals surface area contributed by atoms with E-state index in [-0.39, 0.29) is 0 Å². The van der Waals surface area contributed by atoms with E-state index in [1.54, 1.807) is 0 Å². The molecule has 2 fully saturated rings. The maximum absolute atomic E-state index is 6.05. The number of rotatable bonds is 6. The molecule has 2 bridgehead atoms. The van der Waals surface area contributed by atoms with E-state index in [0.717, 1.165) is 5.92 Å². The summed E-state index contributed by atoms with van der Waals surface area (Å²) < 4.78 is 11.4. The zero-order valence-electron chi connectivity index (χ0n) is 11.3. The van der Waals surface area contributed by atoms with Crippen molar-refractivity contribution in [2.45, 2.75) is 46.1 Å². The van der Waals surface area contributed by atoms with E-state index < -0.39 is 0 Å². The van der Waals surface area contributed by atoms with Gasteiger partial charge in [-0.1, -0.05) is 20.8 Å². The third-order valence-corrected chi connectivity index (χ3v) is 5.64. The van der Waals surface area contributed by atoms with Gasteiger partial charge in [0.15, 0.2) is 0 Å². The Labute approximate surface area is 110 Å². The Morgan fingerprint density at radius 1 is 1.18 bits per heavy atom. The van der Waals surface area contributed by atoms with Crippen molar-refractivity contribution in [3.63, 3.8) is 0 Å². The van der Waals surface area contributed by atoms with Crippen LogP contribution in [-0.4, -0.2) is 31.8 Å². The summed E-state index contributed by atoms with van der Waals surface area (Å²) in [5, 5.41) is 0. The van der Waals surface area contributed by atoms with Crippen LogP contribution >= 0.6 is 11.6 Å². The first-order chi connectivity index (χ1) is 8.02. The molecule has 2 rings (SSSR count). The summed E-state index contributed by atoms with van der Waals surface area (Å²) in [6.45, 7) is 9.24. The van der Waals surface area contributed by atoms with Crippen LogP contribution in [0.5, 0.6) is 0 Å². The van der Waals surface area contributed by atoms with E-state index in [9.17, 15) is 0 Å². The maximum atomic E-state index is 6.05. The van der Waals surface area contributed by atoms with Crippen LogP contribution in [0, 0.1) is 16.7 Å². The molecular weight excluding hydrogens is 236 g/mol. The molecule has 0 aromatic heterocycles. The summed E-state index contributed by atoms with van der Waals surface area (Å²) in [6, 6.07) is 0. The van der Waals surface area contributed by atoms with Crippen molar-refractivity contribution in [2.75, 3.05) is 25.7 Å². The lowest BCUT2D eigenvalue weighted by molar-refractivity contribution is -0.0634. The minimum atomic E-state index is 0.365. The van der Waals surface area contributed by atoms with Crippen LogP contribution in [0.1, 0.15) is 40.0 Å². The predicted molar refractivity (Wildman–Crippen MR) is 70.5 cm³/mol. The van der Waals surface area contributed by atoms with Crippen molar-refractivity contribution in [1.82, 2.24) is 0 Å². The molecule has 0 aliphatic heterocycles. The summed E-state index contributed by atoms with van der Waals surface area (Å²) >= 11 is 5.55. The Balaban J connectivity index is 1.80. The first-order valence-corrected chi connectivity index (χ1v) is 7.31. The van der Waals surface area contributed by atoms with Crippen LogP contribution < -0.4 is 0 Å². The second-order valence-corrected chi connectivity index (χ2v) is 6.65. The largest absolute Gasteiger partial charge is 0.378 e. The van der Waals surface area contributed by atoms with Gasteiger partial charge in [-0.15, -0.1) is 11.6 Å². The van der Waals surface area contributed by atoms with Crippen LogP contribution in [-0.2, 0) is 9.47 Å². The highest BCUT2D eigenvalue weighted by molar-refractivity contribution is 6.17. The van der Waals surface area contributed by atoms with Gasteiger partial charge in [-0.25, -0.2) is 0 Å². The van der Waals surface area contributed by atoms with E-state index in [0.29, 0.717) is 42.6 Å². The highest BCUT2D eigenvalue weighted by Crippen LogP contribution is 2.66. The molecule has 0 aromatic rings. The van der Waals surface area contributed by atoms with Crippen molar-refractivity contribution in [1.29, 1.82) is 0 Å². The lowest BCUT2D eigenvalue weighted by Gasteiger charge is -2.38. The number of hydrogen-bond acceptors (Lipinski definition) is 2. The Morgan fingerprint density at radius 3 is 2.47 bits per heavy atom. The molecular formula is C14H25ClO2. The average molecular weight is 261 g/mol. The van der Waals surface area contributed by atoms with Crippen LogP contribution in [0.4, 0.5) is 0 Å². The topological polar surface area (TPSA) is 18.5 Å². The lowest BCUT2D eigenvalue weighted by atomic mass is 9.70. The third kappa shape index (κ3) is 2.24. The smallest absolute Gasteiger partial charge is 0.0704 e. The van der Waals surface area contributed by atoms with Crippen LogP contribution in [0.3, 0.4) is 0 Å². The minimum Gasteiger partial charge on any atom is -0.378 e. The summed E-state index contributed by atoms with van der Waals surface area (Å²) in [4.78, 5) is 0. The molecule has 2 aliphatic carbocycles. The van der Waals surface area contributed by atoms with Crippen molar-refractivity contribution < 1.29 is 9.47 Å². The van der Waals surface area contributed by atoms with Crippen molar-refractivity contribution in [3.8, 4) is 0 Å². The first kappa shape index (κ1) is 13.6. The zero-order chi connectivity index (χ0) is 12.5. The normalized spacial score (nSPS) is 38.8. The second-order valence-electron chi connectivity index (χ2n) is 6.27. The second kappa shape index (κ2) is 5.07. The quantitative estimate of drug-likeness (QED) is 0.538. The number of ether oxygens (including phenoxy) is 2. The summed E-state index contributed by atoms with van der Waals surface area (Å²) in [6.07, 6.45) is 4.36. The summed E-state index contributed by atoms with van der Waals surface area (Å²) in [5.41, 5.74) is 0.804. The van der Waals surface area contributed by atoms with Gasteiger partial charge in [0, 0.05) is 5.88 Å². The molecule has 2 aliphatic rings. The predicted octanol–water partition coefficient (Wildman–Crippen LogP) is 3.47. The zero-order valence-corrected chi connectivity index (χ0v) is 12.1. The fraction of sp³-hybridized carbons (Fsp3) is 1.00. The van der Waals surface area contributed by atoms with Gasteiger partial charge in [0.1, 0.15) is 0 Å². The standard InChI is InChI=1S/C14H25ClO2/c1-13(2)11-4-5-14(13,3)12(10-11)17-9-8-16-7-6-15/h11-12H,4-10H2,1-3H3. The van der Waals surface area contributed by atoms with E-state index >= 15 is 0 Å². The fourth-order valence-corrected chi connectivity index (χ4v) is 3.90. The Hall–Kier alpha value is 0.210. The van der Waals surface area contributed by atoms with Gasteiger partial charge in [-0.3, -0.25) is 0 Å². The maximum Gasteiger partial charge on any atom is 0.0704 e. The summed E-state index contributed by atoms with van der Waals surface area (Å²) in [5.74, 6) is 1.41. The molecule has 3 heteroatoms. The van der Waals surface area contributed by atoms with Gasteiger partial charge in [0.25, 0.3) is 0 Å². The molecule has 3 atom stereocenters. The van der Waals surface area contributed by atoms with Gasteiger partial charge in [0.05, 0.1) is 25.9 Å². The average Bonchev–Trinajstić information content (AvgIpc) is 2.61. The molecule has 0 N–H and O–H groups in total. The first-order valence-electron chi connectivity index (χ1n) is 6.77. The molecule has 2 saturated carbocycles. The third-order valence-electron chi connectivity index (χ3n) is 5.48. The van der Waals surface area contributed by atoms with Gasteiger partial charge >= 0.3 is 0 Å². The SMILES string of the molecule is CC1(C)C2CCC1(C)C(OCCOCCCl)C2. The van der Waals surface area contributed by atoms with Crippen molar-refractivity contribution in [2.24, 2.45) is 16.7 Å². The number of hydrogen-bond donors (Lipinski definition) is 0. The van der Waals surface area contributed by atoms with Gasteiger partial charge in [-0.2, -0.15) is 0 Å². The van der Waals surface area contributed by atoms with Crippen LogP contribution in [0.25, 0.3) is 0 Å². The van der Waals surface area contributed by atoms with E-state index in [1.165, 1.54) is 19.3 Å². The molecule has 0 saturated heterocycles. The Bertz CT molecular complexity index is 267. The van der Waals surface area contributed by atoms with Crippen molar-refractivity contribution >= 4 is 11.6 Å². The van der Waals surface area contributed by atoms with Crippen molar-refractivity contribution in [3.05, 3.63) is 0 Å². The number of fused-ring (bicyclic) bond motifs is 2. The summed E-state index contributed by atoms with van der Waals surface area (Å²) in [7, 11) is 0. The molecule has 0 aromatic carbocycles. The van der Waals surface area contributed by atoms with Gasteiger partial charge < -0.3 is 9.47 Å². The highest BCUT2D eigenvalue weighted by Gasteiger charge is 2.61. The minimum absolute atomic E-state index is 0.365. The monoisotopic (exact) mass is 260 g/mol. The molecule has 3 unspecified atom stereocenters. The Kier molecular flexibility index (Phi) is 4.06.